The van der Waals surface area contributed by atoms with E-state index < -0.39 is 0 Å². The van der Waals surface area contributed by atoms with E-state index in [1.54, 1.807) is 0 Å². The van der Waals surface area contributed by atoms with Crippen LogP contribution in [-0.4, -0.2) is 35.8 Å². The van der Waals surface area contributed by atoms with Gasteiger partial charge in [-0.2, -0.15) is 0 Å². The molecular formula is C18H32N2O2. The molecule has 0 aromatic heterocycles. The maximum Gasteiger partial charge on any atom is 0.227 e. The van der Waals surface area contributed by atoms with Gasteiger partial charge in [0, 0.05) is 24.5 Å². The summed E-state index contributed by atoms with van der Waals surface area (Å²) in [5.41, 5.74) is -0.361. The van der Waals surface area contributed by atoms with Crippen LogP contribution in [0, 0.1) is 11.3 Å². The Balaban J connectivity index is 1.88. The van der Waals surface area contributed by atoms with Gasteiger partial charge in [-0.05, 0) is 25.7 Å². The fraction of sp³-hybridized carbons (Fsp3) is 0.889. The van der Waals surface area contributed by atoms with Crippen LogP contribution in [0.2, 0.25) is 0 Å². The van der Waals surface area contributed by atoms with Crippen molar-refractivity contribution in [3.8, 4) is 0 Å². The number of amides is 2. The fourth-order valence-corrected chi connectivity index (χ4v) is 3.59. The first-order chi connectivity index (χ1) is 10.4. The second-order valence-electron chi connectivity index (χ2n) is 8.04. The van der Waals surface area contributed by atoms with Crippen molar-refractivity contribution in [2.45, 2.75) is 78.2 Å². The summed E-state index contributed by atoms with van der Waals surface area (Å²) in [6.45, 7) is 7.23. The maximum atomic E-state index is 12.5. The van der Waals surface area contributed by atoms with Crippen LogP contribution in [0.3, 0.4) is 0 Å². The number of carbonyl (C=O) groups is 2. The highest BCUT2D eigenvalue weighted by molar-refractivity contribution is 5.84. The van der Waals surface area contributed by atoms with Crippen LogP contribution in [0.5, 0.6) is 0 Å². The van der Waals surface area contributed by atoms with Gasteiger partial charge in [-0.25, -0.2) is 0 Å². The van der Waals surface area contributed by atoms with Crippen molar-refractivity contribution in [1.29, 1.82) is 0 Å². The zero-order valence-corrected chi connectivity index (χ0v) is 14.5. The average molecular weight is 308 g/mol. The molecule has 22 heavy (non-hydrogen) atoms. The molecule has 1 saturated carbocycles. The van der Waals surface area contributed by atoms with E-state index in [0.29, 0.717) is 12.6 Å². The van der Waals surface area contributed by atoms with Crippen molar-refractivity contribution in [3.05, 3.63) is 0 Å². The van der Waals surface area contributed by atoms with Crippen LogP contribution in [0.25, 0.3) is 0 Å². The smallest absolute Gasteiger partial charge is 0.227 e. The molecule has 0 bridgehead atoms. The molecule has 1 heterocycles. The van der Waals surface area contributed by atoms with E-state index in [0.717, 1.165) is 32.2 Å². The number of rotatable bonds is 2. The van der Waals surface area contributed by atoms with Crippen LogP contribution in [0.15, 0.2) is 0 Å². The lowest BCUT2D eigenvalue weighted by Gasteiger charge is -2.36. The zero-order chi connectivity index (χ0) is 16.2. The summed E-state index contributed by atoms with van der Waals surface area (Å²) in [6, 6.07) is 0.351. The molecule has 1 N–H and O–H groups in total. The molecule has 1 saturated heterocycles. The number of carbonyl (C=O) groups excluding carboxylic acids is 2. The Morgan fingerprint density at radius 2 is 1.59 bits per heavy atom. The van der Waals surface area contributed by atoms with Gasteiger partial charge in [0.15, 0.2) is 0 Å². The summed E-state index contributed by atoms with van der Waals surface area (Å²) in [5.74, 6) is 0.307. The molecule has 0 radical (unpaired) electrons. The molecule has 1 aliphatic carbocycles. The van der Waals surface area contributed by atoms with E-state index in [1.165, 1.54) is 25.7 Å². The molecule has 0 aromatic carbocycles. The van der Waals surface area contributed by atoms with Crippen molar-refractivity contribution >= 4 is 11.8 Å². The van der Waals surface area contributed by atoms with Crippen molar-refractivity contribution in [2.75, 3.05) is 13.1 Å². The van der Waals surface area contributed by atoms with Crippen LogP contribution < -0.4 is 5.32 Å². The van der Waals surface area contributed by atoms with E-state index in [1.807, 2.05) is 25.7 Å². The molecule has 126 valence electrons. The molecule has 0 spiro atoms. The lowest BCUT2D eigenvalue weighted by atomic mass is 9.90. The van der Waals surface area contributed by atoms with E-state index in [2.05, 4.69) is 5.32 Å². The molecule has 0 unspecified atom stereocenters. The molecule has 2 aliphatic rings. The molecule has 4 nitrogen and oxygen atoms in total. The summed E-state index contributed by atoms with van der Waals surface area (Å²) in [7, 11) is 0. The monoisotopic (exact) mass is 308 g/mol. The molecule has 0 aromatic rings. The molecule has 2 fully saturated rings. The Labute approximate surface area is 135 Å². The lowest BCUT2D eigenvalue weighted by Crippen LogP contribution is -2.50. The first-order valence-corrected chi connectivity index (χ1v) is 8.97. The van der Waals surface area contributed by atoms with Crippen LogP contribution in [0.1, 0.15) is 72.1 Å². The van der Waals surface area contributed by atoms with Crippen LogP contribution >= 0.6 is 0 Å². The minimum atomic E-state index is -0.361. The minimum Gasteiger partial charge on any atom is -0.353 e. The summed E-state index contributed by atoms with van der Waals surface area (Å²) >= 11 is 0. The summed E-state index contributed by atoms with van der Waals surface area (Å²) in [4.78, 5) is 26.9. The fourth-order valence-electron chi connectivity index (χ4n) is 3.59. The highest BCUT2D eigenvalue weighted by Gasteiger charge is 2.33. The van der Waals surface area contributed by atoms with Crippen LogP contribution in [0.4, 0.5) is 0 Å². The van der Waals surface area contributed by atoms with Gasteiger partial charge in [0.25, 0.3) is 0 Å². The summed E-state index contributed by atoms with van der Waals surface area (Å²) < 4.78 is 0. The third-order valence-electron chi connectivity index (χ3n) is 4.92. The largest absolute Gasteiger partial charge is 0.353 e. The predicted molar refractivity (Wildman–Crippen MR) is 88.4 cm³/mol. The Morgan fingerprint density at radius 3 is 2.18 bits per heavy atom. The normalized spacial score (nSPS) is 24.7. The third kappa shape index (κ3) is 4.72. The first kappa shape index (κ1) is 17.3. The van der Waals surface area contributed by atoms with Gasteiger partial charge >= 0.3 is 0 Å². The van der Waals surface area contributed by atoms with Gasteiger partial charge in [-0.1, -0.05) is 46.5 Å². The average Bonchev–Trinajstić information content (AvgIpc) is 2.74. The predicted octanol–water partition coefficient (Wildman–Crippen LogP) is 3.11. The standard InChI is InChI=1S/C18H32N2O2/c1-18(2,3)17(22)20-12-8-9-14(13-20)16(21)19-15-10-6-4-5-7-11-15/h14-15H,4-13H2,1-3H3,(H,19,21)/t14-/m0/s1. The van der Waals surface area contributed by atoms with Crippen molar-refractivity contribution in [1.82, 2.24) is 10.2 Å². The number of likely N-dealkylation sites (tertiary alicyclic amines) is 1. The van der Waals surface area contributed by atoms with Gasteiger partial charge in [-0.15, -0.1) is 0 Å². The van der Waals surface area contributed by atoms with Crippen molar-refractivity contribution in [3.63, 3.8) is 0 Å². The zero-order valence-electron chi connectivity index (χ0n) is 14.5. The molecular weight excluding hydrogens is 276 g/mol. The van der Waals surface area contributed by atoms with Gasteiger partial charge in [0.05, 0.1) is 5.92 Å². The van der Waals surface area contributed by atoms with Crippen molar-refractivity contribution in [2.24, 2.45) is 11.3 Å². The second kappa shape index (κ2) is 7.47. The highest BCUT2D eigenvalue weighted by atomic mass is 16.2. The van der Waals surface area contributed by atoms with Crippen molar-refractivity contribution < 1.29 is 9.59 Å². The quantitative estimate of drug-likeness (QED) is 0.797. The summed E-state index contributed by atoms with van der Waals surface area (Å²) in [6.07, 6.45) is 9.12. The molecule has 4 heteroatoms. The maximum absolute atomic E-state index is 12.5. The SMILES string of the molecule is CC(C)(C)C(=O)N1CCC[C@H](C(=O)NC2CCCCCC2)C1. The van der Waals surface area contributed by atoms with E-state index in [-0.39, 0.29) is 23.1 Å². The number of hydrogen-bond donors (Lipinski definition) is 1. The second-order valence-corrected chi connectivity index (χ2v) is 8.04. The van der Waals surface area contributed by atoms with E-state index in [4.69, 9.17) is 0 Å². The van der Waals surface area contributed by atoms with Gasteiger partial charge in [-0.3, -0.25) is 9.59 Å². The van der Waals surface area contributed by atoms with Gasteiger partial charge < -0.3 is 10.2 Å². The van der Waals surface area contributed by atoms with Crippen LogP contribution in [-0.2, 0) is 9.59 Å². The Morgan fingerprint density at radius 1 is 0.955 bits per heavy atom. The minimum absolute atomic E-state index is 0.0247. The molecule has 1 aliphatic heterocycles. The number of nitrogens with zero attached hydrogens (tertiary/aromatic N) is 1. The molecule has 2 amide bonds. The number of piperidine rings is 1. The Kier molecular flexibility index (Phi) is 5.87. The van der Waals surface area contributed by atoms with Gasteiger partial charge in [0.2, 0.25) is 11.8 Å². The number of hydrogen-bond acceptors (Lipinski definition) is 2. The van der Waals surface area contributed by atoms with E-state index >= 15 is 0 Å². The van der Waals surface area contributed by atoms with E-state index in [9.17, 15) is 9.59 Å². The third-order valence-corrected chi connectivity index (χ3v) is 4.92. The highest BCUT2D eigenvalue weighted by Crippen LogP contribution is 2.24. The topological polar surface area (TPSA) is 49.4 Å². The van der Waals surface area contributed by atoms with Gasteiger partial charge in [0.1, 0.15) is 0 Å². The Bertz CT molecular complexity index is 392. The number of nitrogens with one attached hydrogen (secondary N) is 1. The molecule has 1 atom stereocenters. The molecule has 2 rings (SSSR count). The lowest BCUT2D eigenvalue weighted by molar-refractivity contribution is -0.142. The first-order valence-electron chi connectivity index (χ1n) is 8.97. The summed E-state index contributed by atoms with van der Waals surface area (Å²) in [5, 5.41) is 3.25. The Hall–Kier alpha value is -1.06.